The Bertz CT molecular complexity index is 456. The topological polar surface area (TPSA) is 26.0 Å². The highest BCUT2D eigenvalue weighted by Crippen LogP contribution is 2.48. The van der Waals surface area contributed by atoms with Crippen molar-refractivity contribution < 1.29 is 0 Å². The van der Waals surface area contributed by atoms with Crippen LogP contribution in [0, 0.1) is 11.3 Å². The molecule has 3 heteroatoms. The van der Waals surface area contributed by atoms with Crippen LogP contribution < -0.4 is 5.73 Å². The van der Waals surface area contributed by atoms with E-state index >= 15 is 0 Å². The zero-order chi connectivity index (χ0) is 13.6. The van der Waals surface area contributed by atoms with E-state index in [-0.39, 0.29) is 11.0 Å². The standard InChI is InChI=1S/C15H21Cl2N/c1-10-7-14(2,3)9-15(18,8-10)12-6-11(16)4-5-13(12)17/h4-6,10H,7-9,18H2,1-3H3. The number of hydrogen-bond donors (Lipinski definition) is 1. The van der Waals surface area contributed by atoms with Crippen LogP contribution in [0.1, 0.15) is 45.6 Å². The predicted molar refractivity (Wildman–Crippen MR) is 79.1 cm³/mol. The Morgan fingerprint density at radius 1 is 1.22 bits per heavy atom. The average Bonchev–Trinajstić information content (AvgIpc) is 2.17. The van der Waals surface area contributed by atoms with Crippen molar-refractivity contribution in [1.82, 2.24) is 0 Å². The van der Waals surface area contributed by atoms with Crippen LogP contribution in [0.25, 0.3) is 0 Å². The summed E-state index contributed by atoms with van der Waals surface area (Å²) in [7, 11) is 0. The second-order valence-electron chi connectivity index (χ2n) is 6.63. The van der Waals surface area contributed by atoms with Crippen LogP contribution in [-0.2, 0) is 5.54 Å². The molecule has 1 saturated carbocycles. The number of rotatable bonds is 1. The van der Waals surface area contributed by atoms with Gasteiger partial charge in [-0.3, -0.25) is 0 Å². The maximum atomic E-state index is 6.67. The van der Waals surface area contributed by atoms with Gasteiger partial charge in [-0.1, -0.05) is 44.0 Å². The molecule has 0 saturated heterocycles. The Morgan fingerprint density at radius 2 is 1.89 bits per heavy atom. The van der Waals surface area contributed by atoms with Gasteiger partial charge >= 0.3 is 0 Å². The first-order valence-electron chi connectivity index (χ1n) is 6.46. The number of halogens is 2. The Morgan fingerprint density at radius 3 is 2.50 bits per heavy atom. The van der Waals surface area contributed by atoms with Crippen LogP contribution in [-0.4, -0.2) is 0 Å². The fourth-order valence-corrected chi connectivity index (χ4v) is 4.20. The molecule has 1 aliphatic carbocycles. The predicted octanol–water partition coefficient (Wildman–Crippen LogP) is 4.99. The fraction of sp³-hybridized carbons (Fsp3) is 0.600. The van der Waals surface area contributed by atoms with Crippen molar-refractivity contribution in [2.45, 2.75) is 45.6 Å². The summed E-state index contributed by atoms with van der Waals surface area (Å²) >= 11 is 12.4. The SMILES string of the molecule is CC1CC(C)(C)CC(N)(c2cc(Cl)ccc2Cl)C1. The third-order valence-corrected chi connectivity index (χ3v) is 4.44. The summed E-state index contributed by atoms with van der Waals surface area (Å²) < 4.78 is 0. The van der Waals surface area contributed by atoms with Gasteiger partial charge in [0.25, 0.3) is 0 Å². The lowest BCUT2D eigenvalue weighted by molar-refractivity contribution is 0.107. The summed E-state index contributed by atoms with van der Waals surface area (Å²) in [5.41, 5.74) is 7.56. The Balaban J connectivity index is 2.43. The zero-order valence-electron chi connectivity index (χ0n) is 11.3. The molecule has 18 heavy (non-hydrogen) atoms. The molecule has 2 rings (SSSR count). The third kappa shape index (κ3) is 2.84. The van der Waals surface area contributed by atoms with E-state index in [1.165, 1.54) is 6.42 Å². The van der Waals surface area contributed by atoms with Gasteiger partial charge in [-0.05, 0) is 54.4 Å². The van der Waals surface area contributed by atoms with Crippen LogP contribution in [0.5, 0.6) is 0 Å². The lowest BCUT2D eigenvalue weighted by atomic mass is 9.62. The summed E-state index contributed by atoms with van der Waals surface area (Å²) in [4.78, 5) is 0. The lowest BCUT2D eigenvalue weighted by Gasteiger charge is -2.46. The van der Waals surface area contributed by atoms with E-state index in [4.69, 9.17) is 28.9 Å². The van der Waals surface area contributed by atoms with E-state index in [9.17, 15) is 0 Å². The first-order valence-corrected chi connectivity index (χ1v) is 7.22. The molecule has 0 radical (unpaired) electrons. The Hall–Kier alpha value is -0.240. The van der Waals surface area contributed by atoms with Gasteiger partial charge in [0, 0.05) is 15.6 Å². The molecule has 1 aromatic carbocycles. The first-order chi connectivity index (χ1) is 8.22. The summed E-state index contributed by atoms with van der Waals surface area (Å²) in [6, 6.07) is 5.59. The quantitative estimate of drug-likeness (QED) is 0.773. The highest BCUT2D eigenvalue weighted by Gasteiger charge is 2.42. The summed E-state index contributed by atoms with van der Waals surface area (Å²) in [6.45, 7) is 6.83. The van der Waals surface area contributed by atoms with E-state index in [0.29, 0.717) is 10.9 Å². The first kappa shape index (κ1) is 14.2. The normalized spacial score (nSPS) is 31.3. The maximum Gasteiger partial charge on any atom is 0.0457 e. The van der Waals surface area contributed by atoms with Crippen LogP contribution >= 0.6 is 23.2 Å². The summed E-state index contributed by atoms with van der Waals surface area (Å²) in [5, 5.41) is 1.43. The molecule has 1 nitrogen and oxygen atoms in total. The second kappa shape index (κ2) is 4.70. The van der Waals surface area contributed by atoms with Gasteiger partial charge in [0.15, 0.2) is 0 Å². The highest BCUT2D eigenvalue weighted by molar-refractivity contribution is 6.33. The molecule has 2 N–H and O–H groups in total. The molecule has 0 spiro atoms. The molecule has 1 aliphatic rings. The Kier molecular flexibility index (Phi) is 3.70. The maximum absolute atomic E-state index is 6.67. The molecule has 2 atom stereocenters. The van der Waals surface area contributed by atoms with Crippen LogP contribution in [0.2, 0.25) is 10.0 Å². The van der Waals surface area contributed by atoms with Crippen molar-refractivity contribution in [2.24, 2.45) is 17.1 Å². The minimum absolute atomic E-state index is 0.248. The smallest absolute Gasteiger partial charge is 0.0457 e. The van der Waals surface area contributed by atoms with Crippen molar-refractivity contribution >= 4 is 23.2 Å². The van der Waals surface area contributed by atoms with Crippen LogP contribution in [0.15, 0.2) is 18.2 Å². The van der Waals surface area contributed by atoms with Gasteiger partial charge < -0.3 is 5.73 Å². The van der Waals surface area contributed by atoms with Crippen molar-refractivity contribution in [1.29, 1.82) is 0 Å². The van der Waals surface area contributed by atoms with Gasteiger partial charge in [0.1, 0.15) is 0 Å². The average molecular weight is 286 g/mol. The van der Waals surface area contributed by atoms with E-state index in [1.54, 1.807) is 0 Å². The van der Waals surface area contributed by atoms with E-state index in [1.807, 2.05) is 18.2 Å². The van der Waals surface area contributed by atoms with Gasteiger partial charge in [0.2, 0.25) is 0 Å². The molecule has 0 bridgehead atoms. The molecule has 2 unspecified atom stereocenters. The van der Waals surface area contributed by atoms with Crippen molar-refractivity contribution in [3.8, 4) is 0 Å². The number of nitrogens with two attached hydrogens (primary N) is 1. The number of hydrogen-bond acceptors (Lipinski definition) is 1. The van der Waals surface area contributed by atoms with Gasteiger partial charge in [-0.25, -0.2) is 0 Å². The van der Waals surface area contributed by atoms with Crippen molar-refractivity contribution in [2.75, 3.05) is 0 Å². The van der Waals surface area contributed by atoms with Crippen molar-refractivity contribution in [3.63, 3.8) is 0 Å². The van der Waals surface area contributed by atoms with Gasteiger partial charge in [0.05, 0.1) is 0 Å². The second-order valence-corrected chi connectivity index (χ2v) is 7.48. The molecule has 100 valence electrons. The lowest BCUT2D eigenvalue weighted by Crippen LogP contribution is -2.46. The van der Waals surface area contributed by atoms with E-state index < -0.39 is 0 Å². The Labute approximate surface area is 120 Å². The highest BCUT2D eigenvalue weighted by atomic mass is 35.5. The fourth-order valence-electron chi connectivity index (χ4n) is 3.72. The molecular formula is C15H21Cl2N. The largest absolute Gasteiger partial charge is 0.321 e. The van der Waals surface area contributed by atoms with Crippen LogP contribution in [0.4, 0.5) is 0 Å². The minimum atomic E-state index is -0.358. The van der Waals surface area contributed by atoms with Gasteiger partial charge in [-0.15, -0.1) is 0 Å². The summed E-state index contributed by atoms with van der Waals surface area (Å²) in [6.07, 6.45) is 3.13. The molecular weight excluding hydrogens is 265 g/mol. The molecule has 0 heterocycles. The van der Waals surface area contributed by atoms with Crippen molar-refractivity contribution in [3.05, 3.63) is 33.8 Å². The zero-order valence-corrected chi connectivity index (χ0v) is 12.8. The van der Waals surface area contributed by atoms with Gasteiger partial charge in [-0.2, -0.15) is 0 Å². The molecule has 0 aliphatic heterocycles. The number of benzene rings is 1. The molecule has 1 fully saturated rings. The minimum Gasteiger partial charge on any atom is -0.321 e. The van der Waals surface area contributed by atoms with Crippen LogP contribution in [0.3, 0.4) is 0 Å². The molecule has 1 aromatic rings. The molecule has 0 aromatic heterocycles. The summed E-state index contributed by atoms with van der Waals surface area (Å²) in [5.74, 6) is 0.605. The van der Waals surface area contributed by atoms with E-state index in [0.717, 1.165) is 23.4 Å². The third-order valence-electron chi connectivity index (χ3n) is 3.87. The van der Waals surface area contributed by atoms with E-state index in [2.05, 4.69) is 20.8 Å². The molecule has 0 amide bonds. The monoisotopic (exact) mass is 285 g/mol.